The second-order valence-electron chi connectivity index (χ2n) is 4.34. The summed E-state index contributed by atoms with van der Waals surface area (Å²) in [7, 11) is 1.89. The second-order valence-corrected chi connectivity index (χ2v) is 4.34. The van der Waals surface area contributed by atoms with Crippen molar-refractivity contribution in [3.8, 4) is 0 Å². The zero-order valence-corrected chi connectivity index (χ0v) is 9.86. The van der Waals surface area contributed by atoms with Gasteiger partial charge in [-0.3, -0.25) is 10.4 Å². The molecule has 16 heavy (non-hydrogen) atoms. The first kappa shape index (κ1) is 12.4. The number of nitrogens with zero attached hydrogens (tertiary/aromatic N) is 2. The van der Waals surface area contributed by atoms with Crippen molar-refractivity contribution in [1.82, 2.24) is 4.98 Å². The van der Waals surface area contributed by atoms with Crippen molar-refractivity contribution in [3.63, 3.8) is 0 Å². The third-order valence-electron chi connectivity index (χ3n) is 2.71. The predicted octanol–water partition coefficient (Wildman–Crippen LogP) is 0.573. The van der Waals surface area contributed by atoms with E-state index in [0.717, 1.165) is 5.69 Å². The third kappa shape index (κ3) is 2.49. The maximum absolute atomic E-state index is 9.25. The van der Waals surface area contributed by atoms with Crippen LogP contribution in [0.1, 0.15) is 19.5 Å². The number of nitrogens with two attached hydrogens (primary N) is 1. The molecule has 4 N–H and O–H groups in total. The van der Waals surface area contributed by atoms with Crippen LogP contribution in [0.5, 0.6) is 0 Å². The van der Waals surface area contributed by atoms with Gasteiger partial charge in [-0.1, -0.05) is 0 Å². The molecule has 0 saturated heterocycles. The monoisotopic (exact) mass is 222 g/mol. The lowest BCUT2D eigenvalue weighted by atomic mass is 10.0. The summed E-state index contributed by atoms with van der Waals surface area (Å²) in [5.41, 5.74) is 6.31. The Morgan fingerprint density at radius 1 is 1.56 bits per heavy atom. The SMILES string of the molecule is CN(c1ccc(C(=N)N)nc1)C(C)(C)CO. The Kier molecular flexibility index (Phi) is 3.49. The largest absolute Gasteiger partial charge is 0.394 e. The Morgan fingerprint density at radius 2 is 2.19 bits per heavy atom. The van der Waals surface area contributed by atoms with Crippen LogP contribution < -0.4 is 10.6 Å². The molecule has 0 atom stereocenters. The molecule has 1 rings (SSSR count). The van der Waals surface area contributed by atoms with Crippen LogP contribution in [0.25, 0.3) is 0 Å². The normalized spacial score (nSPS) is 11.2. The van der Waals surface area contributed by atoms with Gasteiger partial charge in [-0.2, -0.15) is 0 Å². The Morgan fingerprint density at radius 3 is 2.56 bits per heavy atom. The lowest BCUT2D eigenvalue weighted by Crippen LogP contribution is -2.44. The van der Waals surface area contributed by atoms with Crippen molar-refractivity contribution in [2.75, 3.05) is 18.6 Å². The minimum Gasteiger partial charge on any atom is -0.394 e. The number of hydrogen-bond acceptors (Lipinski definition) is 4. The molecule has 0 spiro atoms. The molecule has 0 saturated carbocycles. The molecule has 0 aliphatic heterocycles. The first-order valence-corrected chi connectivity index (χ1v) is 5.03. The number of aromatic nitrogens is 1. The maximum atomic E-state index is 9.25. The molecule has 0 radical (unpaired) electrons. The first-order valence-electron chi connectivity index (χ1n) is 5.03. The van der Waals surface area contributed by atoms with Crippen LogP contribution in [-0.4, -0.2) is 35.1 Å². The minimum atomic E-state index is -0.348. The van der Waals surface area contributed by atoms with Crippen molar-refractivity contribution in [1.29, 1.82) is 5.41 Å². The number of likely N-dealkylation sites (N-methyl/N-ethyl adjacent to an activating group) is 1. The average Bonchev–Trinajstić information content (AvgIpc) is 2.28. The molecule has 0 unspecified atom stereocenters. The second kappa shape index (κ2) is 4.49. The average molecular weight is 222 g/mol. The zero-order chi connectivity index (χ0) is 12.3. The fraction of sp³-hybridized carbons (Fsp3) is 0.455. The van der Waals surface area contributed by atoms with Gasteiger partial charge in [0.05, 0.1) is 24.0 Å². The number of pyridine rings is 1. The van der Waals surface area contributed by atoms with Gasteiger partial charge in [-0.05, 0) is 26.0 Å². The Balaban J connectivity index is 2.94. The van der Waals surface area contributed by atoms with Gasteiger partial charge in [-0.15, -0.1) is 0 Å². The standard InChI is InChI=1S/C11H18N4O/c1-11(2,7-16)15(3)8-4-5-9(10(12)13)14-6-8/h4-6,16H,7H2,1-3H3,(H3,12,13). The fourth-order valence-corrected chi connectivity index (χ4v) is 1.20. The zero-order valence-electron chi connectivity index (χ0n) is 9.86. The van der Waals surface area contributed by atoms with E-state index < -0.39 is 0 Å². The highest BCUT2D eigenvalue weighted by Gasteiger charge is 2.22. The number of amidine groups is 1. The van der Waals surface area contributed by atoms with E-state index in [9.17, 15) is 5.11 Å². The van der Waals surface area contributed by atoms with Crippen molar-refractivity contribution >= 4 is 11.5 Å². The molecule has 0 bridgehead atoms. The summed E-state index contributed by atoms with van der Waals surface area (Å²) in [5, 5.41) is 16.5. The Bertz CT molecular complexity index is 372. The van der Waals surface area contributed by atoms with Gasteiger partial charge >= 0.3 is 0 Å². The molecule has 1 aromatic heterocycles. The summed E-state index contributed by atoms with van der Waals surface area (Å²) in [6, 6.07) is 3.53. The first-order chi connectivity index (χ1) is 7.38. The molecule has 5 nitrogen and oxygen atoms in total. The molecule has 1 aromatic rings. The summed E-state index contributed by atoms with van der Waals surface area (Å²) < 4.78 is 0. The van der Waals surface area contributed by atoms with Crippen molar-refractivity contribution < 1.29 is 5.11 Å². The van der Waals surface area contributed by atoms with Crippen LogP contribution in [-0.2, 0) is 0 Å². The number of hydrogen-bond donors (Lipinski definition) is 3. The third-order valence-corrected chi connectivity index (χ3v) is 2.71. The molecule has 1 heterocycles. The van der Waals surface area contributed by atoms with Crippen molar-refractivity contribution in [3.05, 3.63) is 24.0 Å². The van der Waals surface area contributed by atoms with Gasteiger partial charge < -0.3 is 15.7 Å². The van der Waals surface area contributed by atoms with Crippen molar-refractivity contribution in [2.45, 2.75) is 19.4 Å². The lowest BCUT2D eigenvalue weighted by molar-refractivity contribution is 0.216. The number of anilines is 1. The smallest absolute Gasteiger partial charge is 0.141 e. The van der Waals surface area contributed by atoms with Crippen LogP contribution in [0.2, 0.25) is 0 Å². The molecule has 0 aromatic carbocycles. The van der Waals surface area contributed by atoms with E-state index in [1.54, 1.807) is 12.3 Å². The number of nitrogen functional groups attached to an aromatic ring is 1. The summed E-state index contributed by atoms with van der Waals surface area (Å²) in [4.78, 5) is 6.01. The van der Waals surface area contributed by atoms with E-state index in [-0.39, 0.29) is 18.0 Å². The van der Waals surface area contributed by atoms with Crippen LogP contribution in [0, 0.1) is 5.41 Å². The van der Waals surface area contributed by atoms with E-state index in [0.29, 0.717) is 5.69 Å². The number of aliphatic hydroxyl groups is 1. The summed E-state index contributed by atoms with van der Waals surface area (Å²) in [5.74, 6) is -0.0457. The molecule has 5 heteroatoms. The fourth-order valence-electron chi connectivity index (χ4n) is 1.20. The highest BCUT2D eigenvalue weighted by Crippen LogP contribution is 2.20. The van der Waals surface area contributed by atoms with Gasteiger partial charge in [0.25, 0.3) is 0 Å². The van der Waals surface area contributed by atoms with Crippen LogP contribution in [0.4, 0.5) is 5.69 Å². The van der Waals surface area contributed by atoms with Gasteiger partial charge in [0.1, 0.15) is 11.5 Å². The molecule has 0 aliphatic rings. The van der Waals surface area contributed by atoms with Crippen LogP contribution in [0.3, 0.4) is 0 Å². The Labute approximate surface area is 95.4 Å². The van der Waals surface area contributed by atoms with E-state index in [1.807, 2.05) is 31.9 Å². The molecule has 88 valence electrons. The highest BCUT2D eigenvalue weighted by atomic mass is 16.3. The summed E-state index contributed by atoms with van der Waals surface area (Å²) in [6.45, 7) is 3.93. The Hall–Kier alpha value is -1.62. The number of rotatable bonds is 4. The van der Waals surface area contributed by atoms with Gasteiger partial charge in [-0.25, -0.2) is 0 Å². The highest BCUT2D eigenvalue weighted by molar-refractivity contribution is 5.93. The lowest BCUT2D eigenvalue weighted by Gasteiger charge is -2.35. The molecule has 0 aliphatic carbocycles. The predicted molar refractivity (Wildman–Crippen MR) is 64.8 cm³/mol. The maximum Gasteiger partial charge on any atom is 0.141 e. The molecule has 0 amide bonds. The van der Waals surface area contributed by atoms with Crippen LogP contribution in [0.15, 0.2) is 18.3 Å². The number of aliphatic hydroxyl groups excluding tert-OH is 1. The van der Waals surface area contributed by atoms with E-state index in [2.05, 4.69) is 4.98 Å². The van der Waals surface area contributed by atoms with E-state index in [4.69, 9.17) is 11.1 Å². The molecular weight excluding hydrogens is 204 g/mol. The summed E-state index contributed by atoms with van der Waals surface area (Å²) >= 11 is 0. The quantitative estimate of drug-likeness (QED) is 0.513. The van der Waals surface area contributed by atoms with E-state index >= 15 is 0 Å². The molecular formula is C11H18N4O. The molecule has 0 fully saturated rings. The minimum absolute atomic E-state index is 0.0457. The summed E-state index contributed by atoms with van der Waals surface area (Å²) in [6.07, 6.45) is 1.65. The van der Waals surface area contributed by atoms with Gasteiger partial charge in [0.15, 0.2) is 0 Å². The topological polar surface area (TPSA) is 86.2 Å². The van der Waals surface area contributed by atoms with E-state index in [1.165, 1.54) is 0 Å². The van der Waals surface area contributed by atoms with Gasteiger partial charge in [0.2, 0.25) is 0 Å². The van der Waals surface area contributed by atoms with Gasteiger partial charge in [0, 0.05) is 7.05 Å². The number of nitrogens with one attached hydrogen (secondary N) is 1. The van der Waals surface area contributed by atoms with Crippen LogP contribution >= 0.6 is 0 Å². The van der Waals surface area contributed by atoms with Crippen molar-refractivity contribution in [2.24, 2.45) is 5.73 Å².